The van der Waals surface area contributed by atoms with Crippen molar-refractivity contribution in [2.45, 2.75) is 13.5 Å². The molecule has 0 saturated carbocycles. The lowest BCUT2D eigenvalue weighted by Crippen LogP contribution is -2.00. The van der Waals surface area contributed by atoms with Gasteiger partial charge in [0.05, 0.1) is 34.2 Å². The zero-order valence-electron chi connectivity index (χ0n) is 8.20. The minimum Gasteiger partial charge on any atom is -0.377 e. The lowest BCUT2D eigenvalue weighted by Gasteiger charge is -2.04. The van der Waals surface area contributed by atoms with Crippen molar-refractivity contribution in [1.82, 2.24) is 9.97 Å². The number of hydrogen-bond donors (Lipinski definition) is 1. The zero-order chi connectivity index (χ0) is 10.7. The van der Waals surface area contributed by atoms with Gasteiger partial charge in [0.2, 0.25) is 0 Å². The summed E-state index contributed by atoms with van der Waals surface area (Å²) in [6, 6.07) is 1.76. The first-order valence-electron chi connectivity index (χ1n) is 4.50. The maximum Gasteiger partial charge on any atom is 0.0898 e. The molecule has 0 saturated heterocycles. The van der Waals surface area contributed by atoms with Gasteiger partial charge in [-0.15, -0.1) is 11.3 Å². The minimum absolute atomic E-state index is 0.676. The minimum atomic E-state index is 0.676. The fourth-order valence-electron chi connectivity index (χ4n) is 1.18. The van der Waals surface area contributed by atoms with Crippen LogP contribution in [0.2, 0.25) is 5.02 Å². The second-order valence-electron chi connectivity index (χ2n) is 3.07. The third-order valence-electron chi connectivity index (χ3n) is 1.89. The van der Waals surface area contributed by atoms with E-state index in [1.54, 1.807) is 29.8 Å². The Bertz CT molecular complexity index is 455. The molecule has 0 amide bonds. The van der Waals surface area contributed by atoms with Crippen molar-refractivity contribution < 1.29 is 0 Å². The van der Waals surface area contributed by atoms with Crippen molar-refractivity contribution in [2.24, 2.45) is 0 Å². The van der Waals surface area contributed by atoms with Gasteiger partial charge >= 0.3 is 0 Å². The highest BCUT2D eigenvalue weighted by molar-refractivity contribution is 7.09. The number of hydrogen-bond acceptors (Lipinski definition) is 4. The lowest BCUT2D eigenvalue weighted by atomic mass is 10.4. The van der Waals surface area contributed by atoms with Crippen LogP contribution in [0.25, 0.3) is 0 Å². The summed E-state index contributed by atoms with van der Waals surface area (Å²) in [5.41, 5.74) is 1.86. The van der Waals surface area contributed by atoms with Crippen LogP contribution in [0.15, 0.2) is 23.8 Å². The average Bonchev–Trinajstić information content (AvgIpc) is 2.63. The predicted octanol–water partition coefficient (Wildman–Crippen LogP) is 3.11. The molecule has 5 heteroatoms. The number of pyridine rings is 1. The van der Waals surface area contributed by atoms with E-state index >= 15 is 0 Å². The number of aromatic nitrogens is 2. The molecule has 0 unspecified atom stereocenters. The maximum atomic E-state index is 5.98. The molecule has 78 valence electrons. The SMILES string of the molecule is Cc1nc(CNc2cnccc2Cl)cs1. The lowest BCUT2D eigenvalue weighted by molar-refractivity contribution is 1.05. The van der Waals surface area contributed by atoms with Crippen molar-refractivity contribution >= 4 is 28.6 Å². The van der Waals surface area contributed by atoms with E-state index in [1.807, 2.05) is 12.3 Å². The molecule has 0 aliphatic rings. The molecule has 2 heterocycles. The smallest absolute Gasteiger partial charge is 0.0898 e. The molecule has 0 aromatic carbocycles. The van der Waals surface area contributed by atoms with E-state index in [0.29, 0.717) is 11.6 Å². The Hall–Kier alpha value is -1.13. The monoisotopic (exact) mass is 239 g/mol. The van der Waals surface area contributed by atoms with Gasteiger partial charge in [-0.05, 0) is 13.0 Å². The van der Waals surface area contributed by atoms with E-state index in [9.17, 15) is 0 Å². The van der Waals surface area contributed by atoms with Crippen LogP contribution in [0, 0.1) is 6.92 Å². The van der Waals surface area contributed by atoms with Crippen LogP contribution >= 0.6 is 22.9 Å². The third-order valence-corrected chi connectivity index (χ3v) is 3.05. The molecular formula is C10H10ClN3S. The van der Waals surface area contributed by atoms with E-state index < -0.39 is 0 Å². The molecule has 0 bridgehead atoms. The van der Waals surface area contributed by atoms with Crippen LogP contribution in [0.5, 0.6) is 0 Å². The van der Waals surface area contributed by atoms with Crippen molar-refractivity contribution in [3.8, 4) is 0 Å². The molecule has 0 aliphatic carbocycles. The first-order valence-corrected chi connectivity index (χ1v) is 5.76. The Kier molecular flexibility index (Phi) is 3.18. The summed E-state index contributed by atoms with van der Waals surface area (Å²) in [5, 5.41) is 6.98. The van der Waals surface area contributed by atoms with Crippen LogP contribution in [0.3, 0.4) is 0 Å². The Labute approximate surface area is 97.2 Å². The van der Waals surface area contributed by atoms with E-state index in [0.717, 1.165) is 16.4 Å². The summed E-state index contributed by atoms with van der Waals surface area (Å²) >= 11 is 7.62. The largest absolute Gasteiger partial charge is 0.377 e. The van der Waals surface area contributed by atoms with Crippen LogP contribution in [0.4, 0.5) is 5.69 Å². The van der Waals surface area contributed by atoms with Gasteiger partial charge < -0.3 is 5.32 Å². The molecule has 1 N–H and O–H groups in total. The maximum absolute atomic E-state index is 5.98. The Morgan fingerprint density at radius 1 is 1.53 bits per heavy atom. The van der Waals surface area contributed by atoms with Crippen LogP contribution in [-0.2, 0) is 6.54 Å². The first kappa shape index (κ1) is 10.4. The molecular weight excluding hydrogens is 230 g/mol. The second kappa shape index (κ2) is 4.59. The van der Waals surface area contributed by atoms with E-state index in [1.165, 1.54) is 0 Å². The van der Waals surface area contributed by atoms with Gasteiger partial charge in [0.25, 0.3) is 0 Å². The summed E-state index contributed by atoms with van der Waals surface area (Å²) in [7, 11) is 0. The summed E-state index contributed by atoms with van der Waals surface area (Å²) in [6.07, 6.45) is 3.38. The molecule has 0 atom stereocenters. The number of aryl methyl sites for hydroxylation is 1. The van der Waals surface area contributed by atoms with E-state index in [4.69, 9.17) is 11.6 Å². The fourth-order valence-corrected chi connectivity index (χ4v) is 1.97. The third kappa shape index (κ3) is 2.67. The normalized spacial score (nSPS) is 10.3. The quantitative estimate of drug-likeness (QED) is 0.895. The number of nitrogens with one attached hydrogen (secondary N) is 1. The number of rotatable bonds is 3. The molecule has 0 aliphatic heterocycles. The van der Waals surface area contributed by atoms with Gasteiger partial charge in [-0.1, -0.05) is 11.6 Å². The van der Waals surface area contributed by atoms with Gasteiger partial charge in [-0.3, -0.25) is 4.98 Å². The van der Waals surface area contributed by atoms with E-state index in [-0.39, 0.29) is 0 Å². The zero-order valence-corrected chi connectivity index (χ0v) is 9.77. The number of nitrogens with zero attached hydrogens (tertiary/aromatic N) is 2. The van der Waals surface area contributed by atoms with Crippen LogP contribution in [-0.4, -0.2) is 9.97 Å². The average molecular weight is 240 g/mol. The number of thiazole rings is 1. The van der Waals surface area contributed by atoms with Crippen LogP contribution < -0.4 is 5.32 Å². The molecule has 3 nitrogen and oxygen atoms in total. The Morgan fingerprint density at radius 3 is 3.07 bits per heavy atom. The molecule has 0 radical (unpaired) electrons. The molecule has 15 heavy (non-hydrogen) atoms. The summed E-state index contributed by atoms with van der Waals surface area (Å²) in [6.45, 7) is 2.67. The van der Waals surface area contributed by atoms with Crippen molar-refractivity contribution in [1.29, 1.82) is 0 Å². The van der Waals surface area contributed by atoms with Crippen LogP contribution in [0.1, 0.15) is 10.7 Å². The number of halogens is 1. The molecule has 0 fully saturated rings. The van der Waals surface area contributed by atoms with Crippen molar-refractivity contribution in [2.75, 3.05) is 5.32 Å². The molecule has 2 aromatic heterocycles. The Balaban J connectivity index is 2.02. The highest BCUT2D eigenvalue weighted by Gasteiger charge is 2.01. The number of anilines is 1. The van der Waals surface area contributed by atoms with E-state index in [2.05, 4.69) is 15.3 Å². The highest BCUT2D eigenvalue weighted by atomic mass is 35.5. The molecule has 2 rings (SSSR count). The molecule has 2 aromatic rings. The molecule has 0 spiro atoms. The first-order chi connectivity index (χ1) is 7.25. The van der Waals surface area contributed by atoms with Gasteiger partial charge in [0.15, 0.2) is 0 Å². The van der Waals surface area contributed by atoms with Gasteiger partial charge in [0, 0.05) is 11.6 Å². The van der Waals surface area contributed by atoms with Gasteiger partial charge in [-0.2, -0.15) is 0 Å². The summed E-state index contributed by atoms with van der Waals surface area (Å²) < 4.78 is 0. The summed E-state index contributed by atoms with van der Waals surface area (Å²) in [5.74, 6) is 0. The standard InChI is InChI=1S/C10H10ClN3S/c1-7-14-8(6-15-7)4-13-10-5-12-3-2-9(10)11/h2-3,5-6,13H,4H2,1H3. The predicted molar refractivity (Wildman–Crippen MR) is 63.4 cm³/mol. The second-order valence-corrected chi connectivity index (χ2v) is 4.54. The summed E-state index contributed by atoms with van der Waals surface area (Å²) in [4.78, 5) is 8.35. The van der Waals surface area contributed by atoms with Crippen molar-refractivity contribution in [3.05, 3.63) is 39.6 Å². The topological polar surface area (TPSA) is 37.8 Å². The fraction of sp³-hybridized carbons (Fsp3) is 0.200. The Morgan fingerprint density at radius 2 is 2.40 bits per heavy atom. The highest BCUT2D eigenvalue weighted by Crippen LogP contribution is 2.20. The van der Waals surface area contributed by atoms with Gasteiger partial charge in [0.1, 0.15) is 0 Å². The van der Waals surface area contributed by atoms with Gasteiger partial charge in [-0.25, -0.2) is 4.98 Å². The van der Waals surface area contributed by atoms with Crippen molar-refractivity contribution in [3.63, 3.8) is 0 Å².